The number of aryl methyl sites for hydroxylation is 1. The number of carbonyl (C=O) groups is 2. The van der Waals surface area contributed by atoms with Gasteiger partial charge in [-0.05, 0) is 37.6 Å². The molecule has 0 saturated carbocycles. The van der Waals surface area contributed by atoms with Crippen LogP contribution in [0.1, 0.15) is 54.0 Å². The summed E-state index contributed by atoms with van der Waals surface area (Å²) in [6.45, 7) is 6.96. The molecule has 0 aliphatic heterocycles. The maximum Gasteiger partial charge on any atom is 0.321 e. The number of aromatic nitrogens is 1. The van der Waals surface area contributed by atoms with Gasteiger partial charge in [-0.1, -0.05) is 32.0 Å². The largest absolute Gasteiger partial charge is 0.346 e. The number of amides is 2. The Kier molecular flexibility index (Phi) is 7.08. The molecule has 0 aliphatic rings. The Morgan fingerprint density at radius 1 is 1.14 bits per heavy atom. The van der Waals surface area contributed by atoms with E-state index in [9.17, 15) is 18.4 Å². The van der Waals surface area contributed by atoms with E-state index in [4.69, 9.17) is 0 Å². The molecule has 0 fully saturated rings. The smallest absolute Gasteiger partial charge is 0.321 e. The van der Waals surface area contributed by atoms with Crippen molar-refractivity contribution in [1.82, 2.24) is 10.3 Å². The lowest BCUT2D eigenvalue weighted by Gasteiger charge is -2.17. The lowest BCUT2D eigenvalue weighted by Crippen LogP contribution is -2.27. The standard InChI is InChI=1S/C20H22F2IN3O2/c1-11(2)18(27)26-17-10-15(8-12(3)24-17)19(28)25-13(4)14-6-5-7-16(9-14)20(21,22)23/h5-11,13H,1-4H3,(H,25,28)(H,24,26,27)/t13-/m1/s1. The van der Waals surface area contributed by atoms with Crippen LogP contribution in [0.2, 0.25) is 0 Å². The van der Waals surface area contributed by atoms with Crippen molar-refractivity contribution in [3.05, 3.63) is 58.8 Å². The van der Waals surface area contributed by atoms with E-state index < -0.39 is 9.97 Å². The molecule has 0 unspecified atom stereocenters. The van der Waals surface area contributed by atoms with Crippen molar-refractivity contribution in [3.63, 3.8) is 0 Å². The number of rotatable bonds is 6. The van der Waals surface area contributed by atoms with Crippen molar-refractivity contribution in [2.75, 3.05) is 5.32 Å². The molecular weight excluding hydrogens is 479 g/mol. The highest BCUT2D eigenvalue weighted by atomic mass is 127. The van der Waals surface area contributed by atoms with Gasteiger partial charge in [-0.15, -0.1) is 0 Å². The Labute approximate surface area is 176 Å². The zero-order chi connectivity index (χ0) is 21.1. The molecule has 8 heteroatoms. The molecule has 0 radical (unpaired) electrons. The summed E-state index contributed by atoms with van der Waals surface area (Å²) in [5.74, 6) is -0.509. The normalized spacial score (nSPS) is 12.6. The Morgan fingerprint density at radius 2 is 1.82 bits per heavy atom. The molecule has 0 spiro atoms. The number of anilines is 1. The van der Waals surface area contributed by atoms with Crippen molar-refractivity contribution >= 4 is 40.2 Å². The minimum absolute atomic E-state index is 0.120. The van der Waals surface area contributed by atoms with Crippen LogP contribution in [0.15, 0.2) is 36.4 Å². The van der Waals surface area contributed by atoms with E-state index in [1.807, 2.05) is 0 Å². The van der Waals surface area contributed by atoms with Gasteiger partial charge in [-0.2, -0.15) is 8.78 Å². The molecule has 1 aromatic carbocycles. The van der Waals surface area contributed by atoms with Gasteiger partial charge in [0.15, 0.2) is 0 Å². The second-order valence-corrected chi connectivity index (χ2v) is 8.20. The number of nitrogens with one attached hydrogen (secondary N) is 2. The van der Waals surface area contributed by atoms with Gasteiger partial charge in [-0.3, -0.25) is 9.59 Å². The average Bonchev–Trinajstić information content (AvgIpc) is 2.60. The third-order valence-electron chi connectivity index (χ3n) is 4.05. The van der Waals surface area contributed by atoms with Crippen LogP contribution in [-0.2, 0) is 8.72 Å². The second-order valence-electron chi connectivity index (χ2n) is 6.84. The SMILES string of the molecule is Cc1cc(C(=O)N[C@H](C)c2cccc(C(F)(F)I)c2)cc(NC(=O)C(C)C)n1. The molecule has 0 saturated heterocycles. The molecule has 2 amide bonds. The fraction of sp³-hybridized carbons (Fsp3) is 0.350. The maximum absolute atomic E-state index is 13.5. The molecule has 28 heavy (non-hydrogen) atoms. The number of nitrogens with zero attached hydrogens (tertiary/aromatic N) is 1. The average molecular weight is 501 g/mol. The van der Waals surface area contributed by atoms with E-state index in [0.29, 0.717) is 22.6 Å². The van der Waals surface area contributed by atoms with Crippen LogP contribution in [0.25, 0.3) is 0 Å². The number of hydrogen-bond acceptors (Lipinski definition) is 3. The molecule has 1 aromatic heterocycles. The van der Waals surface area contributed by atoms with E-state index in [0.717, 1.165) is 22.6 Å². The first-order valence-electron chi connectivity index (χ1n) is 8.75. The number of benzene rings is 1. The minimum atomic E-state index is -2.98. The predicted octanol–water partition coefficient (Wildman–Crippen LogP) is 4.96. The van der Waals surface area contributed by atoms with Crippen molar-refractivity contribution in [2.45, 2.75) is 37.7 Å². The van der Waals surface area contributed by atoms with Gasteiger partial charge in [-0.25, -0.2) is 4.98 Å². The summed E-state index contributed by atoms with van der Waals surface area (Å²) in [6.07, 6.45) is 0. The van der Waals surface area contributed by atoms with E-state index in [1.165, 1.54) is 24.3 Å². The highest BCUT2D eigenvalue weighted by Crippen LogP contribution is 2.36. The third-order valence-corrected chi connectivity index (χ3v) is 4.68. The van der Waals surface area contributed by atoms with Crippen LogP contribution in [0.5, 0.6) is 0 Å². The van der Waals surface area contributed by atoms with E-state index in [1.54, 1.807) is 39.8 Å². The second kappa shape index (κ2) is 8.93. The monoisotopic (exact) mass is 501 g/mol. The number of pyridine rings is 1. The summed E-state index contributed by atoms with van der Waals surface area (Å²) in [6, 6.07) is 8.56. The van der Waals surface area contributed by atoms with Crippen LogP contribution in [0.4, 0.5) is 14.6 Å². The van der Waals surface area contributed by atoms with Crippen molar-refractivity contribution in [1.29, 1.82) is 0 Å². The van der Waals surface area contributed by atoms with E-state index >= 15 is 0 Å². The van der Waals surface area contributed by atoms with E-state index in [2.05, 4.69) is 15.6 Å². The van der Waals surface area contributed by atoms with Crippen molar-refractivity contribution < 1.29 is 18.4 Å². The summed E-state index contributed by atoms with van der Waals surface area (Å²) >= 11 is 1.08. The predicted molar refractivity (Wildman–Crippen MR) is 113 cm³/mol. The number of carbonyl (C=O) groups excluding carboxylic acids is 2. The van der Waals surface area contributed by atoms with Gasteiger partial charge >= 0.3 is 3.93 Å². The van der Waals surface area contributed by atoms with Crippen LogP contribution in [0.3, 0.4) is 0 Å². The molecule has 2 N–H and O–H groups in total. The van der Waals surface area contributed by atoms with Crippen molar-refractivity contribution in [2.24, 2.45) is 5.92 Å². The number of hydrogen-bond donors (Lipinski definition) is 2. The first-order valence-corrected chi connectivity index (χ1v) is 9.83. The minimum Gasteiger partial charge on any atom is -0.346 e. The zero-order valence-electron chi connectivity index (χ0n) is 16.0. The van der Waals surface area contributed by atoms with Crippen LogP contribution in [-0.4, -0.2) is 16.8 Å². The zero-order valence-corrected chi connectivity index (χ0v) is 18.2. The first-order chi connectivity index (χ1) is 13.0. The molecule has 0 bridgehead atoms. The lowest BCUT2D eigenvalue weighted by molar-refractivity contribution is -0.118. The third kappa shape index (κ3) is 5.95. The van der Waals surface area contributed by atoms with Gasteiger partial charge in [0.05, 0.1) is 6.04 Å². The van der Waals surface area contributed by atoms with Crippen LogP contribution in [0, 0.1) is 12.8 Å². The molecule has 0 aliphatic carbocycles. The van der Waals surface area contributed by atoms with Gasteiger partial charge in [0, 0.05) is 45.3 Å². The quantitative estimate of drug-likeness (QED) is 0.435. The highest BCUT2D eigenvalue weighted by molar-refractivity contribution is 14.1. The summed E-state index contributed by atoms with van der Waals surface area (Å²) < 4.78 is 24.1. The fourth-order valence-electron chi connectivity index (χ4n) is 2.48. The number of halogens is 3. The molecule has 5 nitrogen and oxygen atoms in total. The maximum atomic E-state index is 13.5. The van der Waals surface area contributed by atoms with Gasteiger partial charge < -0.3 is 10.6 Å². The highest BCUT2D eigenvalue weighted by Gasteiger charge is 2.27. The molecule has 1 atom stereocenters. The summed E-state index contributed by atoms with van der Waals surface area (Å²) in [5.41, 5.74) is 1.35. The first kappa shape index (κ1) is 22.2. The molecule has 1 heterocycles. The summed E-state index contributed by atoms with van der Waals surface area (Å²) in [7, 11) is 0. The van der Waals surface area contributed by atoms with Gasteiger partial charge in [0.25, 0.3) is 5.91 Å². The van der Waals surface area contributed by atoms with Crippen LogP contribution >= 0.6 is 22.6 Å². The van der Waals surface area contributed by atoms with Gasteiger partial charge in [0.1, 0.15) is 5.82 Å². The summed E-state index contributed by atoms with van der Waals surface area (Å²) in [4.78, 5) is 28.7. The summed E-state index contributed by atoms with van der Waals surface area (Å²) in [5, 5.41) is 5.47. The molecule has 150 valence electrons. The Balaban J connectivity index is 2.18. The Bertz CT molecular complexity index is 882. The van der Waals surface area contributed by atoms with Gasteiger partial charge in [0.2, 0.25) is 5.91 Å². The molecule has 2 rings (SSSR count). The molecule has 2 aromatic rings. The topological polar surface area (TPSA) is 71.1 Å². The van der Waals surface area contributed by atoms with Crippen molar-refractivity contribution in [3.8, 4) is 0 Å². The lowest BCUT2D eigenvalue weighted by atomic mass is 10.0. The molecular formula is C20H22F2IN3O2. The fourth-order valence-corrected chi connectivity index (χ4v) is 2.82. The van der Waals surface area contributed by atoms with Crippen LogP contribution < -0.4 is 10.6 Å². The number of alkyl halides is 3. The Morgan fingerprint density at radius 3 is 2.43 bits per heavy atom. The van der Waals surface area contributed by atoms with E-state index in [-0.39, 0.29) is 23.3 Å². The Hall–Kier alpha value is -2.10.